The third-order valence-corrected chi connectivity index (χ3v) is 5.00. The number of benzene rings is 2. The highest BCUT2D eigenvalue weighted by molar-refractivity contribution is 7.89. The summed E-state index contributed by atoms with van der Waals surface area (Å²) in [6.07, 6.45) is 0. The number of anilines is 1. The summed E-state index contributed by atoms with van der Waals surface area (Å²) in [5.41, 5.74) is 6.97. The van der Waals surface area contributed by atoms with Gasteiger partial charge in [-0.3, -0.25) is 0 Å². The minimum atomic E-state index is -3.73. The fourth-order valence-corrected chi connectivity index (χ4v) is 3.43. The van der Waals surface area contributed by atoms with Gasteiger partial charge < -0.3 is 5.73 Å². The van der Waals surface area contributed by atoms with Crippen LogP contribution in [-0.4, -0.2) is 8.42 Å². The molecule has 0 saturated heterocycles. The number of sulfonamides is 1. The van der Waals surface area contributed by atoms with Crippen molar-refractivity contribution >= 4 is 38.9 Å². The number of halogens is 2. The summed E-state index contributed by atoms with van der Waals surface area (Å²) in [7, 11) is -3.73. The zero-order valence-corrected chi connectivity index (χ0v) is 12.6. The number of nitrogens with two attached hydrogens (primary N) is 1. The molecule has 4 nitrogen and oxygen atoms in total. The average molecular weight is 331 g/mol. The molecule has 0 aliphatic rings. The Labute approximate surface area is 127 Å². The summed E-state index contributed by atoms with van der Waals surface area (Å²) in [6.45, 7) is 0.121. The molecule has 7 heteroatoms. The van der Waals surface area contributed by atoms with Gasteiger partial charge in [-0.2, -0.15) is 0 Å². The normalized spacial score (nSPS) is 11.5. The molecule has 0 amide bonds. The van der Waals surface area contributed by atoms with E-state index in [9.17, 15) is 8.42 Å². The van der Waals surface area contributed by atoms with Crippen molar-refractivity contribution in [3.8, 4) is 0 Å². The SMILES string of the molecule is Nc1cccc(CNS(=O)(=O)c2cccc(Cl)c2Cl)c1. The molecule has 0 heterocycles. The minimum absolute atomic E-state index is 0.00856. The highest BCUT2D eigenvalue weighted by Gasteiger charge is 2.19. The molecular formula is C13H12Cl2N2O2S. The number of hydrogen-bond donors (Lipinski definition) is 2. The fraction of sp³-hybridized carbons (Fsp3) is 0.0769. The first-order chi connectivity index (χ1) is 9.40. The second-order valence-electron chi connectivity index (χ2n) is 4.12. The van der Waals surface area contributed by atoms with Crippen molar-refractivity contribution in [1.82, 2.24) is 4.72 Å². The van der Waals surface area contributed by atoms with Gasteiger partial charge in [0.05, 0.1) is 10.0 Å². The summed E-state index contributed by atoms with van der Waals surface area (Å²) >= 11 is 11.7. The molecule has 0 aromatic heterocycles. The van der Waals surface area contributed by atoms with Crippen LogP contribution in [0.1, 0.15) is 5.56 Å². The van der Waals surface area contributed by atoms with Crippen LogP contribution in [0.15, 0.2) is 47.4 Å². The molecule has 0 unspecified atom stereocenters. The Morgan fingerprint density at radius 1 is 1.10 bits per heavy atom. The number of nitrogen functional groups attached to an aromatic ring is 1. The van der Waals surface area contributed by atoms with E-state index >= 15 is 0 Å². The monoisotopic (exact) mass is 330 g/mol. The van der Waals surface area contributed by atoms with Crippen LogP contribution in [-0.2, 0) is 16.6 Å². The van der Waals surface area contributed by atoms with Gasteiger partial charge >= 0.3 is 0 Å². The van der Waals surface area contributed by atoms with E-state index in [1.807, 2.05) is 0 Å². The molecule has 106 valence electrons. The lowest BCUT2D eigenvalue weighted by atomic mass is 10.2. The lowest BCUT2D eigenvalue weighted by Crippen LogP contribution is -2.23. The van der Waals surface area contributed by atoms with E-state index < -0.39 is 10.0 Å². The second kappa shape index (κ2) is 6.01. The van der Waals surface area contributed by atoms with E-state index in [1.165, 1.54) is 18.2 Å². The Hall–Kier alpha value is -1.27. The van der Waals surface area contributed by atoms with Crippen LogP contribution < -0.4 is 10.5 Å². The van der Waals surface area contributed by atoms with Gasteiger partial charge in [-0.1, -0.05) is 41.4 Å². The van der Waals surface area contributed by atoms with E-state index in [-0.39, 0.29) is 21.5 Å². The van der Waals surface area contributed by atoms with Gasteiger partial charge in [-0.25, -0.2) is 13.1 Å². The van der Waals surface area contributed by atoms with Crippen LogP contribution in [0.25, 0.3) is 0 Å². The zero-order chi connectivity index (χ0) is 14.8. The summed E-state index contributed by atoms with van der Waals surface area (Å²) in [6, 6.07) is 11.4. The molecule has 0 aliphatic carbocycles. The molecule has 0 atom stereocenters. The van der Waals surface area contributed by atoms with Crippen molar-refractivity contribution < 1.29 is 8.42 Å². The van der Waals surface area contributed by atoms with Gasteiger partial charge in [0, 0.05) is 12.2 Å². The van der Waals surface area contributed by atoms with Crippen molar-refractivity contribution in [2.75, 3.05) is 5.73 Å². The van der Waals surface area contributed by atoms with Gasteiger partial charge in [-0.05, 0) is 29.8 Å². The molecule has 0 radical (unpaired) electrons. The first-order valence-corrected chi connectivity index (χ1v) is 7.92. The molecule has 20 heavy (non-hydrogen) atoms. The van der Waals surface area contributed by atoms with Crippen LogP contribution in [0.4, 0.5) is 5.69 Å². The molecular weight excluding hydrogens is 319 g/mol. The predicted molar refractivity (Wildman–Crippen MR) is 81.3 cm³/mol. The summed E-state index contributed by atoms with van der Waals surface area (Å²) in [5, 5.41) is 0.202. The van der Waals surface area contributed by atoms with E-state index in [1.54, 1.807) is 24.3 Å². The van der Waals surface area contributed by atoms with Crippen LogP contribution in [0.3, 0.4) is 0 Å². The second-order valence-corrected chi connectivity index (χ2v) is 6.64. The minimum Gasteiger partial charge on any atom is -0.399 e. The zero-order valence-electron chi connectivity index (χ0n) is 10.3. The van der Waals surface area contributed by atoms with Crippen molar-refractivity contribution in [2.24, 2.45) is 0 Å². The number of hydrogen-bond acceptors (Lipinski definition) is 3. The van der Waals surface area contributed by atoms with Crippen molar-refractivity contribution in [1.29, 1.82) is 0 Å². The quantitative estimate of drug-likeness (QED) is 0.846. The predicted octanol–water partition coefficient (Wildman–Crippen LogP) is 3.05. The van der Waals surface area contributed by atoms with E-state index in [4.69, 9.17) is 28.9 Å². The number of nitrogens with one attached hydrogen (secondary N) is 1. The smallest absolute Gasteiger partial charge is 0.242 e. The maximum absolute atomic E-state index is 12.2. The lowest BCUT2D eigenvalue weighted by Gasteiger charge is -2.09. The Balaban J connectivity index is 2.22. The highest BCUT2D eigenvalue weighted by atomic mass is 35.5. The molecule has 3 N–H and O–H groups in total. The average Bonchev–Trinajstić information content (AvgIpc) is 2.40. The summed E-state index contributed by atoms with van der Waals surface area (Å²) in [5.74, 6) is 0. The number of rotatable bonds is 4. The Bertz CT molecular complexity index is 733. The van der Waals surface area contributed by atoms with E-state index in [0.717, 1.165) is 5.56 Å². The third kappa shape index (κ3) is 3.43. The molecule has 0 spiro atoms. The first kappa shape index (κ1) is 15.1. The van der Waals surface area contributed by atoms with Gasteiger partial charge in [-0.15, -0.1) is 0 Å². The topological polar surface area (TPSA) is 72.2 Å². The highest BCUT2D eigenvalue weighted by Crippen LogP contribution is 2.28. The van der Waals surface area contributed by atoms with Crippen molar-refractivity contribution in [3.63, 3.8) is 0 Å². The maximum atomic E-state index is 12.2. The molecule has 0 aliphatic heterocycles. The first-order valence-electron chi connectivity index (χ1n) is 5.68. The molecule has 0 fully saturated rings. The van der Waals surface area contributed by atoms with E-state index in [0.29, 0.717) is 5.69 Å². The molecule has 0 bridgehead atoms. The summed E-state index contributed by atoms with van der Waals surface area (Å²) < 4.78 is 26.8. The molecule has 2 rings (SSSR count). The van der Waals surface area contributed by atoms with Gasteiger partial charge in [0.15, 0.2) is 0 Å². The molecule has 2 aromatic carbocycles. The standard InChI is InChI=1S/C13H12Cl2N2O2S/c14-11-5-2-6-12(13(11)15)20(18,19)17-8-9-3-1-4-10(16)7-9/h1-7,17H,8,16H2. The van der Waals surface area contributed by atoms with Crippen LogP contribution >= 0.6 is 23.2 Å². The van der Waals surface area contributed by atoms with Crippen molar-refractivity contribution in [2.45, 2.75) is 11.4 Å². The molecule has 2 aromatic rings. The summed E-state index contributed by atoms with van der Waals surface area (Å²) in [4.78, 5) is -0.0458. The largest absolute Gasteiger partial charge is 0.399 e. The van der Waals surface area contributed by atoms with Gasteiger partial charge in [0.1, 0.15) is 4.90 Å². The van der Waals surface area contributed by atoms with Crippen LogP contribution in [0, 0.1) is 0 Å². The van der Waals surface area contributed by atoms with Gasteiger partial charge in [0.2, 0.25) is 10.0 Å². The lowest BCUT2D eigenvalue weighted by molar-refractivity contribution is 0.581. The van der Waals surface area contributed by atoms with Crippen molar-refractivity contribution in [3.05, 3.63) is 58.1 Å². The fourth-order valence-electron chi connectivity index (χ4n) is 1.65. The third-order valence-electron chi connectivity index (χ3n) is 2.62. The Morgan fingerprint density at radius 2 is 1.80 bits per heavy atom. The van der Waals surface area contributed by atoms with Crippen LogP contribution in [0.5, 0.6) is 0 Å². The Morgan fingerprint density at radius 3 is 2.50 bits per heavy atom. The van der Waals surface area contributed by atoms with E-state index in [2.05, 4.69) is 4.72 Å². The van der Waals surface area contributed by atoms with Crippen LogP contribution in [0.2, 0.25) is 10.0 Å². The molecule has 0 saturated carbocycles. The van der Waals surface area contributed by atoms with Gasteiger partial charge in [0.25, 0.3) is 0 Å². The Kier molecular flexibility index (Phi) is 4.55. The maximum Gasteiger partial charge on any atom is 0.242 e.